The number of nitrogens with one attached hydrogen (secondary N) is 1. The molecule has 2 aromatic rings. The third kappa shape index (κ3) is 2.95. The van der Waals surface area contributed by atoms with E-state index in [0.717, 1.165) is 16.9 Å². The van der Waals surface area contributed by atoms with E-state index in [2.05, 4.69) is 10.3 Å². The van der Waals surface area contributed by atoms with Gasteiger partial charge >= 0.3 is 0 Å². The summed E-state index contributed by atoms with van der Waals surface area (Å²) in [7, 11) is 0. The zero-order valence-corrected chi connectivity index (χ0v) is 12.2. The third-order valence-corrected chi connectivity index (χ3v) is 4.06. The summed E-state index contributed by atoms with van der Waals surface area (Å²) in [4.78, 5) is 15.9. The number of pyridine rings is 1. The summed E-state index contributed by atoms with van der Waals surface area (Å²) < 4.78 is 0.826. The number of thiophene rings is 1. The highest BCUT2D eigenvalue weighted by molar-refractivity contribution is 7.20. The molecule has 0 aliphatic carbocycles. The SMILES string of the molecule is Cc1cc(NC(=O)c2cc(Cl)sc2Cl)cnc1Cl. The molecule has 1 amide bonds. The van der Waals surface area contributed by atoms with Crippen LogP contribution in [-0.4, -0.2) is 10.9 Å². The number of aryl methyl sites for hydroxylation is 1. The molecule has 0 bridgehead atoms. The van der Waals surface area contributed by atoms with Crippen LogP contribution in [0.25, 0.3) is 0 Å². The van der Waals surface area contributed by atoms with E-state index in [-0.39, 0.29) is 5.91 Å². The quantitative estimate of drug-likeness (QED) is 0.817. The van der Waals surface area contributed by atoms with Gasteiger partial charge in [-0.25, -0.2) is 4.98 Å². The minimum absolute atomic E-state index is 0.327. The largest absolute Gasteiger partial charge is 0.321 e. The van der Waals surface area contributed by atoms with Crippen molar-refractivity contribution in [2.45, 2.75) is 6.92 Å². The summed E-state index contributed by atoms with van der Waals surface area (Å²) in [5, 5.41) is 3.09. The molecule has 0 spiro atoms. The van der Waals surface area contributed by atoms with Gasteiger partial charge in [0.25, 0.3) is 5.91 Å². The molecule has 2 heterocycles. The average molecular weight is 322 g/mol. The number of hydrogen-bond donors (Lipinski definition) is 1. The summed E-state index contributed by atoms with van der Waals surface area (Å²) >= 11 is 18.6. The lowest BCUT2D eigenvalue weighted by atomic mass is 10.2. The molecule has 7 heteroatoms. The Bertz CT molecular complexity index is 612. The second-order valence-electron chi connectivity index (χ2n) is 3.52. The standard InChI is InChI=1S/C11H7Cl3N2OS/c1-5-2-6(4-15-9(5)13)16-11(17)7-3-8(12)18-10(7)14/h2-4H,1H3,(H,16,17). The van der Waals surface area contributed by atoms with Crippen molar-refractivity contribution in [3.05, 3.63) is 43.3 Å². The molecule has 94 valence electrons. The van der Waals surface area contributed by atoms with Crippen molar-refractivity contribution in [3.63, 3.8) is 0 Å². The van der Waals surface area contributed by atoms with Crippen molar-refractivity contribution in [1.29, 1.82) is 0 Å². The van der Waals surface area contributed by atoms with Gasteiger partial charge < -0.3 is 5.32 Å². The molecule has 0 radical (unpaired) electrons. The number of carbonyl (C=O) groups excluding carboxylic acids is 1. The van der Waals surface area contributed by atoms with E-state index in [4.69, 9.17) is 34.8 Å². The minimum atomic E-state index is -0.327. The zero-order chi connectivity index (χ0) is 13.3. The predicted molar refractivity (Wildman–Crippen MR) is 76.3 cm³/mol. The molecular formula is C11H7Cl3N2OS. The Kier molecular flexibility index (Phi) is 4.12. The highest BCUT2D eigenvalue weighted by Crippen LogP contribution is 2.31. The fraction of sp³-hybridized carbons (Fsp3) is 0.0909. The summed E-state index contributed by atoms with van der Waals surface area (Å²) in [6, 6.07) is 3.26. The Morgan fingerprint density at radius 2 is 2.06 bits per heavy atom. The Labute approximate surface area is 123 Å². The topological polar surface area (TPSA) is 42.0 Å². The van der Waals surface area contributed by atoms with Gasteiger partial charge in [-0.05, 0) is 24.6 Å². The Balaban J connectivity index is 2.21. The van der Waals surface area contributed by atoms with E-state index in [1.165, 1.54) is 12.3 Å². The number of nitrogens with zero attached hydrogens (tertiary/aromatic N) is 1. The van der Waals surface area contributed by atoms with Crippen LogP contribution in [0, 0.1) is 6.92 Å². The first-order chi connectivity index (χ1) is 8.47. The summed E-state index contributed by atoms with van der Waals surface area (Å²) in [5.74, 6) is -0.327. The lowest BCUT2D eigenvalue weighted by Crippen LogP contribution is -2.11. The van der Waals surface area contributed by atoms with Gasteiger partial charge in [0, 0.05) is 0 Å². The van der Waals surface area contributed by atoms with Gasteiger partial charge in [0.05, 0.1) is 21.8 Å². The summed E-state index contributed by atoms with van der Waals surface area (Å²) in [5.41, 5.74) is 1.68. The van der Waals surface area contributed by atoms with Gasteiger partial charge in [-0.2, -0.15) is 0 Å². The van der Waals surface area contributed by atoms with Crippen LogP contribution in [-0.2, 0) is 0 Å². The highest BCUT2D eigenvalue weighted by Gasteiger charge is 2.14. The molecule has 0 saturated heterocycles. The monoisotopic (exact) mass is 320 g/mol. The van der Waals surface area contributed by atoms with E-state index in [1.54, 1.807) is 13.0 Å². The van der Waals surface area contributed by atoms with Crippen LogP contribution >= 0.6 is 46.1 Å². The van der Waals surface area contributed by atoms with Crippen LogP contribution < -0.4 is 5.32 Å². The van der Waals surface area contributed by atoms with Crippen LogP contribution in [0.15, 0.2) is 18.3 Å². The number of amides is 1. The van der Waals surface area contributed by atoms with Crippen LogP contribution in [0.4, 0.5) is 5.69 Å². The van der Waals surface area contributed by atoms with E-state index >= 15 is 0 Å². The lowest BCUT2D eigenvalue weighted by Gasteiger charge is -2.05. The minimum Gasteiger partial charge on any atom is -0.321 e. The van der Waals surface area contributed by atoms with Crippen LogP contribution in [0.1, 0.15) is 15.9 Å². The fourth-order valence-corrected chi connectivity index (χ4v) is 2.88. The average Bonchev–Trinajstić information content (AvgIpc) is 2.63. The number of carbonyl (C=O) groups is 1. The maximum Gasteiger partial charge on any atom is 0.258 e. The van der Waals surface area contributed by atoms with E-state index < -0.39 is 0 Å². The Hall–Kier alpha value is -0.810. The first kappa shape index (κ1) is 13.6. The molecule has 2 rings (SSSR count). The first-order valence-corrected chi connectivity index (χ1v) is 6.80. The van der Waals surface area contributed by atoms with Crippen molar-refractivity contribution >= 4 is 57.7 Å². The molecule has 2 aromatic heterocycles. The first-order valence-electron chi connectivity index (χ1n) is 4.85. The molecule has 18 heavy (non-hydrogen) atoms. The molecular weight excluding hydrogens is 315 g/mol. The van der Waals surface area contributed by atoms with Crippen LogP contribution in [0.5, 0.6) is 0 Å². The molecule has 1 N–H and O–H groups in total. The van der Waals surface area contributed by atoms with Crippen molar-refractivity contribution in [1.82, 2.24) is 4.98 Å². The van der Waals surface area contributed by atoms with E-state index in [9.17, 15) is 4.79 Å². The maximum absolute atomic E-state index is 11.9. The third-order valence-electron chi connectivity index (χ3n) is 2.17. The number of rotatable bonds is 2. The second-order valence-corrected chi connectivity index (χ2v) is 6.17. The van der Waals surface area contributed by atoms with E-state index in [1.807, 2.05) is 0 Å². The Morgan fingerprint density at radius 3 is 2.61 bits per heavy atom. The van der Waals surface area contributed by atoms with Crippen molar-refractivity contribution in [2.75, 3.05) is 5.32 Å². The van der Waals surface area contributed by atoms with Crippen molar-refractivity contribution in [3.8, 4) is 0 Å². The van der Waals surface area contributed by atoms with Crippen molar-refractivity contribution < 1.29 is 4.79 Å². The van der Waals surface area contributed by atoms with Gasteiger partial charge in [-0.1, -0.05) is 34.8 Å². The molecule has 0 unspecified atom stereocenters. The lowest BCUT2D eigenvalue weighted by molar-refractivity contribution is 0.102. The normalized spacial score (nSPS) is 10.4. The van der Waals surface area contributed by atoms with Gasteiger partial charge in [-0.15, -0.1) is 11.3 Å². The molecule has 0 aliphatic rings. The smallest absolute Gasteiger partial charge is 0.258 e. The zero-order valence-electron chi connectivity index (χ0n) is 9.13. The fourth-order valence-electron chi connectivity index (χ4n) is 1.32. The molecule has 0 aliphatic heterocycles. The molecule has 3 nitrogen and oxygen atoms in total. The number of hydrogen-bond acceptors (Lipinski definition) is 3. The predicted octanol–water partition coefficient (Wildman–Crippen LogP) is 4.66. The van der Waals surface area contributed by atoms with Crippen LogP contribution in [0.2, 0.25) is 13.8 Å². The van der Waals surface area contributed by atoms with Crippen molar-refractivity contribution in [2.24, 2.45) is 0 Å². The van der Waals surface area contributed by atoms with Crippen LogP contribution in [0.3, 0.4) is 0 Å². The molecule has 0 saturated carbocycles. The van der Waals surface area contributed by atoms with Gasteiger partial charge in [0.2, 0.25) is 0 Å². The number of halogens is 3. The maximum atomic E-state index is 11.9. The number of anilines is 1. The molecule has 0 fully saturated rings. The Morgan fingerprint density at radius 1 is 1.33 bits per heavy atom. The second kappa shape index (κ2) is 5.45. The highest BCUT2D eigenvalue weighted by atomic mass is 35.5. The van der Waals surface area contributed by atoms with Gasteiger partial charge in [-0.3, -0.25) is 4.79 Å². The van der Waals surface area contributed by atoms with Gasteiger partial charge in [0.1, 0.15) is 9.49 Å². The molecule has 0 aromatic carbocycles. The number of aromatic nitrogens is 1. The molecule has 0 atom stereocenters. The van der Waals surface area contributed by atoms with E-state index in [0.29, 0.717) is 25.1 Å². The van der Waals surface area contributed by atoms with Gasteiger partial charge in [0.15, 0.2) is 0 Å². The summed E-state index contributed by atoms with van der Waals surface area (Å²) in [6.07, 6.45) is 1.48. The summed E-state index contributed by atoms with van der Waals surface area (Å²) in [6.45, 7) is 1.80.